The second-order valence-electron chi connectivity index (χ2n) is 2.63. The van der Waals surface area contributed by atoms with Gasteiger partial charge in [-0.15, -0.1) is 0 Å². The fraction of sp³-hybridized carbons (Fsp3) is 1.00. The van der Waals surface area contributed by atoms with Crippen molar-refractivity contribution in [1.29, 1.82) is 0 Å². The highest BCUT2D eigenvalue weighted by molar-refractivity contribution is 7.57. The summed E-state index contributed by atoms with van der Waals surface area (Å²) in [6, 6.07) is 0. The van der Waals surface area contributed by atoms with E-state index in [1.165, 1.54) is 6.66 Å². The van der Waals surface area contributed by atoms with Gasteiger partial charge in [-0.3, -0.25) is 4.57 Å². The molecule has 0 saturated carbocycles. The molecule has 1 N–H and O–H groups in total. The van der Waals surface area contributed by atoms with Gasteiger partial charge in [0.15, 0.2) is 7.37 Å². The highest BCUT2D eigenvalue weighted by Crippen LogP contribution is 2.36. The Morgan fingerprint density at radius 1 is 1.62 bits per heavy atom. The van der Waals surface area contributed by atoms with Crippen molar-refractivity contribution in [2.75, 3.05) is 12.8 Å². The molecule has 0 rings (SSSR count). The summed E-state index contributed by atoms with van der Waals surface area (Å²) in [7, 11) is -2.72. The van der Waals surface area contributed by atoms with Crippen molar-refractivity contribution in [2.24, 2.45) is 5.92 Å². The van der Waals surface area contributed by atoms with Crippen LogP contribution in [0.3, 0.4) is 0 Å². The Kier molecular flexibility index (Phi) is 2.72. The van der Waals surface area contributed by atoms with Crippen molar-refractivity contribution < 1.29 is 9.46 Å². The third-order valence-electron chi connectivity index (χ3n) is 0.704. The summed E-state index contributed by atoms with van der Waals surface area (Å²) >= 11 is 0. The molecule has 50 valence electrons. The number of rotatable bonds is 2. The molecule has 0 spiro atoms. The second-order valence-corrected chi connectivity index (χ2v) is 5.09. The van der Waals surface area contributed by atoms with E-state index in [-0.39, 0.29) is 0 Å². The standard InChI is InChI=1S/C5H13O2P/c1-5(2)4-8(3,6)7/h5H,4H2,1-3H3,(H,6,7). The van der Waals surface area contributed by atoms with Crippen LogP contribution in [0.25, 0.3) is 0 Å². The monoisotopic (exact) mass is 136 g/mol. The summed E-state index contributed by atoms with van der Waals surface area (Å²) < 4.78 is 10.6. The van der Waals surface area contributed by atoms with Crippen LogP contribution in [0.4, 0.5) is 0 Å². The minimum absolute atomic E-state index is 0.329. The van der Waals surface area contributed by atoms with Crippen LogP contribution in [-0.4, -0.2) is 17.7 Å². The van der Waals surface area contributed by atoms with Crippen molar-refractivity contribution in [2.45, 2.75) is 13.8 Å². The summed E-state index contributed by atoms with van der Waals surface area (Å²) in [5, 5.41) is 0. The van der Waals surface area contributed by atoms with Crippen LogP contribution in [0.1, 0.15) is 13.8 Å². The molecule has 0 aromatic carbocycles. The molecule has 0 radical (unpaired) electrons. The van der Waals surface area contributed by atoms with E-state index in [2.05, 4.69) is 0 Å². The first kappa shape index (κ1) is 8.19. The van der Waals surface area contributed by atoms with Crippen molar-refractivity contribution in [3.8, 4) is 0 Å². The van der Waals surface area contributed by atoms with Gasteiger partial charge in [-0.1, -0.05) is 13.8 Å². The Labute approximate surface area is 50.4 Å². The highest BCUT2D eigenvalue weighted by atomic mass is 31.2. The summed E-state index contributed by atoms with van der Waals surface area (Å²) in [6.07, 6.45) is 0.438. The van der Waals surface area contributed by atoms with Gasteiger partial charge in [-0.2, -0.15) is 0 Å². The van der Waals surface area contributed by atoms with E-state index in [9.17, 15) is 4.57 Å². The molecule has 0 aliphatic heterocycles. The van der Waals surface area contributed by atoms with Gasteiger partial charge in [0, 0.05) is 12.8 Å². The number of hydrogen-bond acceptors (Lipinski definition) is 1. The molecule has 0 bridgehead atoms. The molecule has 0 fully saturated rings. The molecular weight excluding hydrogens is 123 g/mol. The maximum atomic E-state index is 10.6. The lowest BCUT2D eigenvalue weighted by molar-refractivity contribution is 0.475. The normalized spacial score (nSPS) is 18.6. The molecule has 0 heterocycles. The van der Waals surface area contributed by atoms with E-state index < -0.39 is 7.37 Å². The Balaban J connectivity index is 3.56. The van der Waals surface area contributed by atoms with Crippen molar-refractivity contribution in [1.82, 2.24) is 0 Å². The minimum atomic E-state index is -2.72. The van der Waals surface area contributed by atoms with Gasteiger partial charge >= 0.3 is 0 Å². The van der Waals surface area contributed by atoms with Crippen LogP contribution >= 0.6 is 7.37 Å². The molecule has 2 nitrogen and oxygen atoms in total. The Morgan fingerprint density at radius 2 is 2.00 bits per heavy atom. The molecule has 8 heavy (non-hydrogen) atoms. The van der Waals surface area contributed by atoms with E-state index in [0.717, 1.165) is 0 Å². The predicted molar refractivity (Wildman–Crippen MR) is 35.5 cm³/mol. The van der Waals surface area contributed by atoms with Crippen LogP contribution in [0, 0.1) is 5.92 Å². The zero-order valence-electron chi connectivity index (χ0n) is 5.59. The van der Waals surface area contributed by atoms with Crippen LogP contribution in [-0.2, 0) is 4.57 Å². The SMILES string of the molecule is CC(C)CP(C)(=O)O. The zero-order chi connectivity index (χ0) is 6.78. The van der Waals surface area contributed by atoms with Crippen molar-refractivity contribution >= 4 is 7.37 Å². The van der Waals surface area contributed by atoms with Crippen LogP contribution in [0.5, 0.6) is 0 Å². The van der Waals surface area contributed by atoms with E-state index in [1.807, 2.05) is 13.8 Å². The van der Waals surface area contributed by atoms with Gasteiger partial charge in [0.25, 0.3) is 0 Å². The molecule has 0 aliphatic carbocycles. The Bertz CT molecular complexity index is 103. The second kappa shape index (κ2) is 2.65. The fourth-order valence-electron chi connectivity index (χ4n) is 0.678. The topological polar surface area (TPSA) is 37.3 Å². The molecular formula is C5H13O2P. The first-order valence-corrected chi connectivity index (χ1v) is 5.00. The maximum absolute atomic E-state index is 10.6. The Morgan fingerprint density at radius 3 is 2.00 bits per heavy atom. The summed E-state index contributed by atoms with van der Waals surface area (Å²) in [4.78, 5) is 8.74. The van der Waals surface area contributed by atoms with Crippen LogP contribution in [0.2, 0.25) is 0 Å². The van der Waals surface area contributed by atoms with Gasteiger partial charge in [-0.05, 0) is 5.92 Å². The quantitative estimate of drug-likeness (QED) is 0.584. The Hall–Kier alpha value is 0.190. The summed E-state index contributed by atoms with van der Waals surface area (Å²) in [5.74, 6) is 0.329. The lowest BCUT2D eigenvalue weighted by Gasteiger charge is -2.06. The molecule has 0 aromatic rings. The maximum Gasteiger partial charge on any atom is 0.197 e. The van der Waals surface area contributed by atoms with E-state index in [0.29, 0.717) is 12.1 Å². The summed E-state index contributed by atoms with van der Waals surface area (Å²) in [6.45, 7) is 5.27. The lowest BCUT2D eigenvalue weighted by Crippen LogP contribution is -1.95. The average Bonchev–Trinajstić information content (AvgIpc) is 1.21. The smallest absolute Gasteiger partial charge is 0.197 e. The van der Waals surface area contributed by atoms with E-state index in [4.69, 9.17) is 4.89 Å². The minimum Gasteiger partial charge on any atom is -0.344 e. The molecule has 1 atom stereocenters. The van der Waals surface area contributed by atoms with Gasteiger partial charge in [-0.25, -0.2) is 0 Å². The average molecular weight is 136 g/mol. The van der Waals surface area contributed by atoms with E-state index in [1.54, 1.807) is 0 Å². The van der Waals surface area contributed by atoms with Crippen molar-refractivity contribution in [3.63, 3.8) is 0 Å². The molecule has 0 amide bonds. The highest BCUT2D eigenvalue weighted by Gasteiger charge is 2.10. The zero-order valence-corrected chi connectivity index (χ0v) is 6.48. The predicted octanol–water partition coefficient (Wildman–Crippen LogP) is 1.54. The largest absolute Gasteiger partial charge is 0.344 e. The van der Waals surface area contributed by atoms with Gasteiger partial charge in [0.2, 0.25) is 0 Å². The number of hydrogen-bond donors (Lipinski definition) is 1. The van der Waals surface area contributed by atoms with Crippen LogP contribution in [0.15, 0.2) is 0 Å². The van der Waals surface area contributed by atoms with Crippen LogP contribution < -0.4 is 0 Å². The third kappa shape index (κ3) is 6.19. The molecule has 0 saturated heterocycles. The molecule has 0 aliphatic rings. The van der Waals surface area contributed by atoms with Crippen molar-refractivity contribution in [3.05, 3.63) is 0 Å². The first-order chi connectivity index (χ1) is 3.42. The van der Waals surface area contributed by atoms with Gasteiger partial charge in [0.05, 0.1) is 0 Å². The first-order valence-electron chi connectivity index (χ1n) is 2.71. The van der Waals surface area contributed by atoms with E-state index >= 15 is 0 Å². The third-order valence-corrected chi connectivity index (χ3v) is 2.11. The summed E-state index contributed by atoms with van der Waals surface area (Å²) in [5.41, 5.74) is 0. The fourth-order valence-corrected chi connectivity index (χ4v) is 2.03. The van der Waals surface area contributed by atoms with Gasteiger partial charge < -0.3 is 4.89 Å². The molecule has 3 heteroatoms. The molecule has 0 aromatic heterocycles. The molecule has 1 unspecified atom stereocenters. The van der Waals surface area contributed by atoms with Gasteiger partial charge in [0.1, 0.15) is 0 Å². The lowest BCUT2D eigenvalue weighted by atomic mass is 10.3.